The molecular weight excluding hydrogens is 225 g/mol. The van der Waals surface area contributed by atoms with Gasteiger partial charge in [0.1, 0.15) is 11.5 Å². The molecule has 0 radical (unpaired) electrons. The molecule has 16 heavy (non-hydrogen) atoms. The molecule has 3 fully saturated rings. The fourth-order valence-corrected chi connectivity index (χ4v) is 3.92. The van der Waals surface area contributed by atoms with Gasteiger partial charge in [-0.1, -0.05) is 12.2 Å². The number of allylic oxidation sites excluding steroid dienone is 1. The maximum Gasteiger partial charge on any atom is 0.509 e. The van der Waals surface area contributed by atoms with Crippen LogP contribution in [-0.2, 0) is 9.47 Å². The number of carbonyl (C=O) groups is 1. The van der Waals surface area contributed by atoms with E-state index >= 15 is 0 Å². The van der Waals surface area contributed by atoms with E-state index in [1.807, 2.05) is 0 Å². The van der Waals surface area contributed by atoms with E-state index in [1.54, 1.807) is 12.2 Å². The van der Waals surface area contributed by atoms with E-state index in [9.17, 15) is 18.0 Å². The fraction of sp³-hybridized carbons (Fsp3) is 0.700. The molecule has 1 saturated heterocycles. The van der Waals surface area contributed by atoms with Crippen molar-refractivity contribution in [3.05, 3.63) is 12.2 Å². The lowest BCUT2D eigenvalue weighted by Gasteiger charge is -2.23. The predicted octanol–water partition coefficient (Wildman–Crippen LogP) is 1.88. The highest BCUT2D eigenvalue weighted by Gasteiger charge is 2.91. The molecule has 3 aliphatic carbocycles. The van der Waals surface area contributed by atoms with Crippen molar-refractivity contribution in [2.75, 3.05) is 0 Å². The van der Waals surface area contributed by atoms with Crippen LogP contribution >= 0.6 is 0 Å². The van der Waals surface area contributed by atoms with Crippen molar-refractivity contribution in [3.63, 3.8) is 0 Å². The zero-order valence-corrected chi connectivity index (χ0v) is 7.90. The monoisotopic (exact) mass is 232 g/mol. The highest BCUT2D eigenvalue weighted by atomic mass is 19.4. The molecule has 4 rings (SSSR count). The van der Waals surface area contributed by atoms with Crippen molar-refractivity contribution < 1.29 is 27.4 Å². The van der Waals surface area contributed by atoms with Gasteiger partial charge in [-0.3, -0.25) is 0 Å². The number of fused-ring (bicyclic) bond motifs is 4. The molecule has 2 unspecified atom stereocenters. The van der Waals surface area contributed by atoms with Crippen molar-refractivity contribution in [2.24, 2.45) is 23.2 Å². The average Bonchev–Trinajstić information content (AvgIpc) is 2.48. The maximum atomic E-state index is 13.1. The fourth-order valence-electron chi connectivity index (χ4n) is 3.92. The van der Waals surface area contributed by atoms with Gasteiger partial charge in [-0.2, -0.15) is 13.2 Å². The molecule has 4 aliphatic rings. The zero-order valence-electron chi connectivity index (χ0n) is 7.90. The molecule has 86 valence electrons. The number of carbonyl (C=O) groups excluding carboxylic acids is 1. The van der Waals surface area contributed by atoms with Crippen molar-refractivity contribution in [1.82, 2.24) is 0 Å². The van der Waals surface area contributed by atoms with Gasteiger partial charge in [0.25, 0.3) is 0 Å². The molecule has 2 saturated carbocycles. The lowest BCUT2D eigenvalue weighted by molar-refractivity contribution is -0.214. The first kappa shape index (κ1) is 8.90. The second-order valence-electron chi connectivity index (χ2n) is 4.82. The van der Waals surface area contributed by atoms with Crippen LogP contribution < -0.4 is 0 Å². The minimum absolute atomic E-state index is 0.317. The van der Waals surface area contributed by atoms with Crippen LogP contribution in [0.15, 0.2) is 12.2 Å². The number of alkyl halides is 3. The molecule has 0 bridgehead atoms. The summed E-state index contributed by atoms with van der Waals surface area (Å²) >= 11 is 0. The zero-order chi connectivity index (χ0) is 11.3. The summed E-state index contributed by atoms with van der Waals surface area (Å²) in [6.07, 6.45) is -3.87. The number of ether oxygens (including phenoxy) is 2. The summed E-state index contributed by atoms with van der Waals surface area (Å²) in [4.78, 5) is 10.9. The molecule has 0 spiro atoms. The number of rotatable bonds is 0. The Labute approximate surface area is 88.2 Å². The molecule has 0 aromatic heterocycles. The first-order valence-corrected chi connectivity index (χ1v) is 5.10. The molecule has 0 aromatic carbocycles. The largest absolute Gasteiger partial charge is 0.509 e. The van der Waals surface area contributed by atoms with Crippen molar-refractivity contribution >= 4 is 6.16 Å². The number of halogens is 3. The Morgan fingerprint density at radius 1 is 1.25 bits per heavy atom. The van der Waals surface area contributed by atoms with Crippen LogP contribution in [0.3, 0.4) is 0 Å². The summed E-state index contributed by atoms with van der Waals surface area (Å²) < 4.78 is 48.9. The van der Waals surface area contributed by atoms with Crippen LogP contribution in [0.2, 0.25) is 0 Å². The minimum Gasteiger partial charge on any atom is -0.426 e. The van der Waals surface area contributed by atoms with Crippen molar-refractivity contribution in [2.45, 2.75) is 18.4 Å². The van der Waals surface area contributed by atoms with Gasteiger partial charge in [-0.25, -0.2) is 4.79 Å². The van der Waals surface area contributed by atoms with E-state index < -0.39 is 41.8 Å². The van der Waals surface area contributed by atoms with E-state index in [0.29, 0.717) is 0 Å². The highest BCUT2D eigenvalue weighted by molar-refractivity contribution is 5.65. The lowest BCUT2D eigenvalue weighted by atomic mass is 9.95. The molecule has 0 N–H and O–H groups in total. The van der Waals surface area contributed by atoms with Gasteiger partial charge >= 0.3 is 12.3 Å². The van der Waals surface area contributed by atoms with E-state index in [4.69, 9.17) is 9.47 Å². The summed E-state index contributed by atoms with van der Waals surface area (Å²) in [5, 5.41) is 0. The standard InChI is InChI=1S/C10H7F3O3/c11-10(12,13)9-4-2-1-3(5(4)9)6-7(9)16-8(14)15-6/h1-7H/t3-,4?,5-,6-,7-,9?/m1/s1. The Morgan fingerprint density at radius 3 is 2.69 bits per heavy atom. The van der Waals surface area contributed by atoms with E-state index in [2.05, 4.69) is 0 Å². The topological polar surface area (TPSA) is 35.5 Å². The molecule has 6 heteroatoms. The molecule has 0 aromatic rings. The lowest BCUT2D eigenvalue weighted by Crippen LogP contribution is -2.40. The van der Waals surface area contributed by atoms with Crippen molar-refractivity contribution in [3.8, 4) is 0 Å². The van der Waals surface area contributed by atoms with E-state index in [0.717, 1.165) is 0 Å². The van der Waals surface area contributed by atoms with Gasteiger partial charge in [0, 0.05) is 5.92 Å². The summed E-state index contributed by atoms with van der Waals surface area (Å²) in [5.41, 5.74) is -1.86. The van der Waals surface area contributed by atoms with Crippen LogP contribution in [-0.4, -0.2) is 24.5 Å². The van der Waals surface area contributed by atoms with Crippen LogP contribution in [0.1, 0.15) is 0 Å². The highest BCUT2D eigenvalue weighted by Crippen LogP contribution is 2.81. The predicted molar refractivity (Wildman–Crippen MR) is 43.2 cm³/mol. The quantitative estimate of drug-likeness (QED) is 0.472. The first-order valence-electron chi connectivity index (χ1n) is 5.10. The van der Waals surface area contributed by atoms with Crippen LogP contribution in [0.5, 0.6) is 0 Å². The molecule has 1 aliphatic heterocycles. The molecular formula is C10H7F3O3. The smallest absolute Gasteiger partial charge is 0.426 e. The normalized spacial score (nSPS) is 55.7. The second kappa shape index (κ2) is 2.10. The Hall–Kier alpha value is -1.20. The Morgan fingerprint density at radius 2 is 2.00 bits per heavy atom. The SMILES string of the molecule is O=C1O[C@@H]2[C@@H]3C=CC4[C@@H]3C4(C(F)(F)F)[C@@H]2O1. The number of hydrogen-bond donors (Lipinski definition) is 0. The Balaban J connectivity index is 1.85. The van der Waals surface area contributed by atoms with Crippen molar-refractivity contribution in [1.29, 1.82) is 0 Å². The van der Waals surface area contributed by atoms with Gasteiger partial charge in [0.2, 0.25) is 0 Å². The molecule has 6 atom stereocenters. The maximum absolute atomic E-state index is 13.1. The van der Waals surface area contributed by atoms with Gasteiger partial charge in [0.05, 0.1) is 0 Å². The van der Waals surface area contributed by atoms with Gasteiger partial charge < -0.3 is 9.47 Å². The van der Waals surface area contributed by atoms with E-state index in [-0.39, 0.29) is 5.92 Å². The molecule has 0 amide bonds. The second-order valence-corrected chi connectivity index (χ2v) is 4.82. The minimum atomic E-state index is -4.33. The van der Waals surface area contributed by atoms with E-state index in [1.165, 1.54) is 0 Å². The summed E-state index contributed by atoms with van der Waals surface area (Å²) in [5.74, 6) is -1.31. The molecule has 1 heterocycles. The summed E-state index contributed by atoms with van der Waals surface area (Å²) in [7, 11) is 0. The van der Waals surface area contributed by atoms with Crippen LogP contribution in [0.4, 0.5) is 18.0 Å². The summed E-state index contributed by atoms with van der Waals surface area (Å²) in [6.45, 7) is 0. The third kappa shape index (κ3) is 0.639. The van der Waals surface area contributed by atoms with Gasteiger partial charge in [-0.05, 0) is 11.8 Å². The van der Waals surface area contributed by atoms with Gasteiger partial charge in [0.15, 0.2) is 6.10 Å². The first-order chi connectivity index (χ1) is 7.48. The average molecular weight is 232 g/mol. The molecule has 3 nitrogen and oxygen atoms in total. The van der Waals surface area contributed by atoms with Gasteiger partial charge in [-0.15, -0.1) is 0 Å². The van der Waals surface area contributed by atoms with Crippen LogP contribution in [0, 0.1) is 23.2 Å². The number of hydrogen-bond acceptors (Lipinski definition) is 3. The Bertz CT molecular complexity index is 430. The third-order valence-electron chi connectivity index (χ3n) is 4.43. The van der Waals surface area contributed by atoms with Crippen LogP contribution in [0.25, 0.3) is 0 Å². The third-order valence-corrected chi connectivity index (χ3v) is 4.43. The Kier molecular flexibility index (Phi) is 1.17. The summed E-state index contributed by atoms with van der Waals surface area (Å²) in [6, 6.07) is 0.